The van der Waals surface area contributed by atoms with E-state index in [1.807, 2.05) is 18.2 Å². The quantitative estimate of drug-likeness (QED) is 0.767. The lowest BCUT2D eigenvalue weighted by atomic mass is 9.88. The van der Waals surface area contributed by atoms with Gasteiger partial charge < -0.3 is 11.1 Å². The molecule has 0 amide bonds. The summed E-state index contributed by atoms with van der Waals surface area (Å²) in [5, 5.41) is 3.37. The third-order valence-electron chi connectivity index (χ3n) is 2.78. The highest BCUT2D eigenvalue weighted by molar-refractivity contribution is 5.37. The second kappa shape index (κ2) is 4.42. The fraction of sp³-hybridized carbons (Fsp3) is 0.545. The Balaban J connectivity index is 2.76. The number of nitrogens with zero attached hydrogens (tertiary/aromatic N) is 1. The molecule has 0 aliphatic carbocycles. The van der Waals surface area contributed by atoms with Gasteiger partial charge in [0.1, 0.15) is 5.82 Å². The highest BCUT2D eigenvalue weighted by Gasteiger charge is 2.26. The molecule has 78 valence electrons. The van der Waals surface area contributed by atoms with Crippen LogP contribution in [0.15, 0.2) is 24.4 Å². The molecule has 3 N–H and O–H groups in total. The molecule has 0 aromatic carbocycles. The number of pyridine rings is 1. The maximum atomic E-state index is 5.77. The standard InChI is InChI=1S/C11H19N3/c1-9(2)11(3,8-12)14-10-6-4-5-7-13-10/h4-7,9H,8,12H2,1-3H3,(H,13,14). The molecule has 0 aliphatic heterocycles. The van der Waals surface area contributed by atoms with Crippen LogP contribution in [0, 0.1) is 5.92 Å². The lowest BCUT2D eigenvalue weighted by molar-refractivity contribution is 0.381. The molecule has 3 heteroatoms. The summed E-state index contributed by atoms with van der Waals surface area (Å²) in [5.74, 6) is 1.35. The Hall–Kier alpha value is -1.09. The molecule has 1 rings (SSSR count). The van der Waals surface area contributed by atoms with E-state index in [4.69, 9.17) is 5.73 Å². The number of nitrogens with two attached hydrogens (primary N) is 1. The zero-order chi connectivity index (χ0) is 10.6. The van der Waals surface area contributed by atoms with Gasteiger partial charge in [0.2, 0.25) is 0 Å². The van der Waals surface area contributed by atoms with Gasteiger partial charge in [-0.2, -0.15) is 0 Å². The molecule has 1 aromatic heterocycles. The molecule has 1 aromatic rings. The first-order valence-corrected chi connectivity index (χ1v) is 4.98. The van der Waals surface area contributed by atoms with E-state index in [1.54, 1.807) is 6.20 Å². The zero-order valence-electron chi connectivity index (χ0n) is 9.12. The lowest BCUT2D eigenvalue weighted by Gasteiger charge is -2.34. The summed E-state index contributed by atoms with van der Waals surface area (Å²) >= 11 is 0. The van der Waals surface area contributed by atoms with E-state index in [-0.39, 0.29) is 5.54 Å². The number of aromatic nitrogens is 1. The van der Waals surface area contributed by atoms with E-state index < -0.39 is 0 Å². The van der Waals surface area contributed by atoms with Crippen LogP contribution >= 0.6 is 0 Å². The van der Waals surface area contributed by atoms with Crippen molar-refractivity contribution in [3.05, 3.63) is 24.4 Å². The van der Waals surface area contributed by atoms with Crippen molar-refractivity contribution in [2.45, 2.75) is 26.3 Å². The van der Waals surface area contributed by atoms with Crippen molar-refractivity contribution < 1.29 is 0 Å². The highest BCUT2D eigenvalue weighted by Crippen LogP contribution is 2.20. The van der Waals surface area contributed by atoms with Crippen molar-refractivity contribution in [1.82, 2.24) is 4.98 Å². The van der Waals surface area contributed by atoms with Crippen LogP contribution in [0.3, 0.4) is 0 Å². The molecule has 1 atom stereocenters. The van der Waals surface area contributed by atoms with Crippen molar-refractivity contribution >= 4 is 5.82 Å². The number of rotatable bonds is 4. The number of nitrogens with one attached hydrogen (secondary N) is 1. The first-order valence-electron chi connectivity index (χ1n) is 4.98. The van der Waals surface area contributed by atoms with Gasteiger partial charge in [0.05, 0.1) is 5.54 Å². The monoisotopic (exact) mass is 193 g/mol. The van der Waals surface area contributed by atoms with Gasteiger partial charge in [0.15, 0.2) is 0 Å². The van der Waals surface area contributed by atoms with Crippen LogP contribution in [0.2, 0.25) is 0 Å². The number of hydrogen-bond acceptors (Lipinski definition) is 3. The van der Waals surface area contributed by atoms with E-state index >= 15 is 0 Å². The molecular formula is C11H19N3. The summed E-state index contributed by atoms with van der Waals surface area (Å²) in [4.78, 5) is 4.23. The smallest absolute Gasteiger partial charge is 0.126 e. The van der Waals surface area contributed by atoms with E-state index in [0.29, 0.717) is 12.5 Å². The molecule has 0 aliphatic rings. The maximum Gasteiger partial charge on any atom is 0.126 e. The number of hydrogen-bond donors (Lipinski definition) is 2. The van der Waals surface area contributed by atoms with Gasteiger partial charge in [-0.25, -0.2) is 4.98 Å². The molecule has 0 saturated carbocycles. The Morgan fingerprint density at radius 2 is 2.21 bits per heavy atom. The third kappa shape index (κ3) is 2.45. The summed E-state index contributed by atoms with van der Waals surface area (Å²) < 4.78 is 0. The van der Waals surface area contributed by atoms with Gasteiger partial charge in [0.25, 0.3) is 0 Å². The predicted octanol–water partition coefficient (Wildman–Crippen LogP) is 1.87. The Labute approximate surface area is 85.7 Å². The highest BCUT2D eigenvalue weighted by atomic mass is 15.1. The molecule has 0 fully saturated rings. The third-order valence-corrected chi connectivity index (χ3v) is 2.78. The lowest BCUT2D eigenvalue weighted by Crippen LogP contribution is -2.47. The zero-order valence-corrected chi connectivity index (χ0v) is 9.12. The van der Waals surface area contributed by atoms with Gasteiger partial charge >= 0.3 is 0 Å². The molecule has 3 nitrogen and oxygen atoms in total. The predicted molar refractivity (Wildman–Crippen MR) is 60.2 cm³/mol. The molecule has 0 radical (unpaired) electrons. The topological polar surface area (TPSA) is 50.9 Å². The average Bonchev–Trinajstić information content (AvgIpc) is 2.19. The molecule has 0 spiro atoms. The first kappa shape index (κ1) is 11.0. The van der Waals surface area contributed by atoms with E-state index in [9.17, 15) is 0 Å². The Morgan fingerprint density at radius 3 is 2.64 bits per heavy atom. The average molecular weight is 193 g/mol. The summed E-state index contributed by atoms with van der Waals surface area (Å²) in [7, 11) is 0. The summed E-state index contributed by atoms with van der Waals surface area (Å²) in [6.45, 7) is 7.03. The van der Waals surface area contributed by atoms with Crippen LogP contribution in [-0.4, -0.2) is 17.1 Å². The van der Waals surface area contributed by atoms with Crippen LogP contribution < -0.4 is 11.1 Å². The van der Waals surface area contributed by atoms with Gasteiger partial charge in [-0.1, -0.05) is 19.9 Å². The molecule has 1 heterocycles. The van der Waals surface area contributed by atoms with Crippen molar-refractivity contribution in [3.63, 3.8) is 0 Å². The normalized spacial score (nSPS) is 15.2. The minimum atomic E-state index is -0.0889. The summed E-state index contributed by atoms with van der Waals surface area (Å²) in [5.41, 5.74) is 5.68. The van der Waals surface area contributed by atoms with Crippen LogP contribution in [0.5, 0.6) is 0 Å². The minimum absolute atomic E-state index is 0.0889. The summed E-state index contributed by atoms with van der Waals surface area (Å²) in [6, 6.07) is 5.82. The molecule has 0 bridgehead atoms. The van der Waals surface area contributed by atoms with Crippen LogP contribution in [-0.2, 0) is 0 Å². The fourth-order valence-electron chi connectivity index (χ4n) is 1.16. The van der Waals surface area contributed by atoms with Crippen LogP contribution in [0.25, 0.3) is 0 Å². The maximum absolute atomic E-state index is 5.77. The van der Waals surface area contributed by atoms with Crippen molar-refractivity contribution in [3.8, 4) is 0 Å². The van der Waals surface area contributed by atoms with Gasteiger partial charge in [-0.3, -0.25) is 0 Å². The molecular weight excluding hydrogens is 174 g/mol. The molecule has 1 unspecified atom stereocenters. The number of anilines is 1. The van der Waals surface area contributed by atoms with Crippen LogP contribution in [0.1, 0.15) is 20.8 Å². The van der Waals surface area contributed by atoms with Gasteiger partial charge in [0, 0.05) is 12.7 Å². The Bertz CT molecular complexity index is 271. The molecule has 14 heavy (non-hydrogen) atoms. The Kier molecular flexibility index (Phi) is 3.47. The van der Waals surface area contributed by atoms with Crippen molar-refractivity contribution in [1.29, 1.82) is 0 Å². The van der Waals surface area contributed by atoms with Gasteiger partial charge in [-0.15, -0.1) is 0 Å². The second-order valence-corrected chi connectivity index (χ2v) is 4.12. The van der Waals surface area contributed by atoms with E-state index in [2.05, 4.69) is 31.1 Å². The molecule has 0 saturated heterocycles. The van der Waals surface area contributed by atoms with Crippen LogP contribution in [0.4, 0.5) is 5.82 Å². The van der Waals surface area contributed by atoms with Crippen molar-refractivity contribution in [2.24, 2.45) is 11.7 Å². The minimum Gasteiger partial charge on any atom is -0.363 e. The van der Waals surface area contributed by atoms with Gasteiger partial charge in [-0.05, 0) is 25.0 Å². The van der Waals surface area contributed by atoms with E-state index in [0.717, 1.165) is 5.82 Å². The first-order chi connectivity index (χ1) is 6.58. The largest absolute Gasteiger partial charge is 0.363 e. The summed E-state index contributed by atoms with van der Waals surface area (Å²) in [6.07, 6.45) is 1.78. The van der Waals surface area contributed by atoms with E-state index in [1.165, 1.54) is 0 Å². The SMILES string of the molecule is CC(C)C(C)(CN)Nc1ccccn1. The van der Waals surface area contributed by atoms with Crippen molar-refractivity contribution in [2.75, 3.05) is 11.9 Å². The fourth-order valence-corrected chi connectivity index (χ4v) is 1.16. The Morgan fingerprint density at radius 1 is 1.50 bits per heavy atom. The second-order valence-electron chi connectivity index (χ2n) is 4.12.